The summed E-state index contributed by atoms with van der Waals surface area (Å²) in [6, 6.07) is 20.1. The van der Waals surface area contributed by atoms with Gasteiger partial charge >= 0.3 is 6.03 Å². The number of carbonyl (C=O) groups excluding carboxylic acids is 2. The van der Waals surface area contributed by atoms with Crippen molar-refractivity contribution in [2.24, 2.45) is 0 Å². The number of carbonyl (C=O) groups is 2. The molecule has 0 aliphatic carbocycles. The van der Waals surface area contributed by atoms with E-state index in [-0.39, 0.29) is 18.0 Å². The van der Waals surface area contributed by atoms with E-state index >= 15 is 0 Å². The second kappa shape index (κ2) is 12.1. The van der Waals surface area contributed by atoms with Gasteiger partial charge in [0.2, 0.25) is 0 Å². The Labute approximate surface area is 224 Å². The number of aromatic nitrogens is 2. The average Bonchev–Trinajstić information content (AvgIpc) is 3.45. The van der Waals surface area contributed by atoms with Gasteiger partial charge in [0.15, 0.2) is 0 Å². The van der Waals surface area contributed by atoms with Crippen LogP contribution in [0.2, 0.25) is 0 Å². The molecule has 2 saturated heterocycles. The summed E-state index contributed by atoms with van der Waals surface area (Å²) < 4.78 is 0. The largest absolute Gasteiger partial charge is 0.353 e. The Balaban J connectivity index is 1.12. The highest BCUT2D eigenvalue weighted by Crippen LogP contribution is 2.24. The van der Waals surface area contributed by atoms with Crippen LogP contribution in [0.3, 0.4) is 0 Å². The predicted octanol–water partition coefficient (Wildman–Crippen LogP) is 4.09. The van der Waals surface area contributed by atoms with Gasteiger partial charge in [-0.2, -0.15) is 0 Å². The highest BCUT2D eigenvalue weighted by molar-refractivity contribution is 5.94. The summed E-state index contributed by atoms with van der Waals surface area (Å²) in [6.45, 7) is 4.11. The second-order valence-electron chi connectivity index (χ2n) is 10.2. The number of pyridine rings is 2. The molecule has 0 unspecified atom stereocenters. The van der Waals surface area contributed by atoms with Gasteiger partial charge in [0.25, 0.3) is 5.91 Å². The lowest BCUT2D eigenvalue weighted by Gasteiger charge is -2.37. The lowest BCUT2D eigenvalue weighted by atomic mass is 10.1. The van der Waals surface area contributed by atoms with Gasteiger partial charge < -0.3 is 19.6 Å². The molecule has 0 N–H and O–H groups in total. The zero-order chi connectivity index (χ0) is 26.3. The summed E-state index contributed by atoms with van der Waals surface area (Å²) in [6.07, 6.45) is 7.40. The molecule has 2 aliphatic rings. The summed E-state index contributed by atoms with van der Waals surface area (Å²) in [7, 11) is 1.85. The van der Waals surface area contributed by atoms with Gasteiger partial charge in [-0.1, -0.05) is 36.4 Å². The van der Waals surface area contributed by atoms with Crippen LogP contribution in [-0.2, 0) is 13.0 Å². The Kier molecular flexibility index (Phi) is 8.16. The summed E-state index contributed by atoms with van der Waals surface area (Å²) >= 11 is 0. The maximum absolute atomic E-state index is 13.3. The van der Waals surface area contributed by atoms with E-state index in [1.165, 1.54) is 0 Å². The Morgan fingerprint density at radius 2 is 1.71 bits per heavy atom. The van der Waals surface area contributed by atoms with E-state index in [0.29, 0.717) is 38.3 Å². The van der Waals surface area contributed by atoms with Crippen molar-refractivity contribution in [1.29, 1.82) is 0 Å². The van der Waals surface area contributed by atoms with Crippen LogP contribution in [0.1, 0.15) is 40.9 Å². The number of benzene rings is 1. The molecule has 2 aromatic heterocycles. The maximum Gasteiger partial charge on any atom is 0.320 e. The smallest absolute Gasteiger partial charge is 0.320 e. The number of amides is 3. The molecule has 2 aliphatic heterocycles. The number of piperazine rings is 1. The minimum absolute atomic E-state index is 0.0469. The zero-order valence-electron chi connectivity index (χ0n) is 22.1. The first kappa shape index (κ1) is 25.7. The van der Waals surface area contributed by atoms with E-state index in [9.17, 15) is 9.59 Å². The fourth-order valence-corrected chi connectivity index (χ4v) is 5.42. The second-order valence-corrected chi connectivity index (χ2v) is 10.2. The first-order valence-electron chi connectivity index (χ1n) is 13.5. The summed E-state index contributed by atoms with van der Waals surface area (Å²) in [5.74, 6) is 0.906. The molecule has 38 heavy (non-hydrogen) atoms. The third-order valence-corrected chi connectivity index (χ3v) is 7.56. The molecule has 3 aromatic rings. The third-order valence-electron chi connectivity index (χ3n) is 7.56. The Hall–Kier alpha value is -3.94. The van der Waals surface area contributed by atoms with Gasteiger partial charge in [0.05, 0.1) is 5.56 Å². The standard InChI is InChI=1S/C30H36N6O2/c1-33(23-24-8-3-2-4-9-24)30(38)35-20-18-34(19-21-35)28-15-12-25(22-32-28)29(37)36-17-7-11-27(36)14-13-26-10-5-6-16-31-26/h2-6,8-10,12,15-16,22,27H,7,11,13-14,17-21,23H2,1H3/t27-/m0/s1. The van der Waals surface area contributed by atoms with Crippen LogP contribution in [0, 0.1) is 0 Å². The molecule has 8 nitrogen and oxygen atoms in total. The van der Waals surface area contributed by atoms with E-state index < -0.39 is 0 Å². The fraction of sp³-hybridized carbons (Fsp3) is 0.400. The molecule has 1 aromatic carbocycles. The number of rotatable bonds is 7. The lowest BCUT2D eigenvalue weighted by Crippen LogP contribution is -2.52. The quantitative estimate of drug-likeness (QED) is 0.477. The highest BCUT2D eigenvalue weighted by Gasteiger charge is 2.30. The third kappa shape index (κ3) is 6.13. The number of hydrogen-bond donors (Lipinski definition) is 0. The summed E-state index contributed by atoms with van der Waals surface area (Å²) in [5, 5.41) is 0. The molecule has 2 fully saturated rings. The molecular weight excluding hydrogens is 476 g/mol. The van der Waals surface area contributed by atoms with Crippen molar-refractivity contribution in [3.63, 3.8) is 0 Å². The molecule has 1 atom stereocenters. The van der Waals surface area contributed by atoms with E-state index in [2.05, 4.69) is 14.9 Å². The van der Waals surface area contributed by atoms with Crippen LogP contribution < -0.4 is 4.90 Å². The number of urea groups is 1. The lowest BCUT2D eigenvalue weighted by molar-refractivity contribution is 0.0730. The maximum atomic E-state index is 13.3. The molecule has 8 heteroatoms. The van der Waals surface area contributed by atoms with E-state index in [1.54, 1.807) is 11.1 Å². The molecule has 198 valence electrons. The SMILES string of the molecule is CN(Cc1ccccc1)C(=O)N1CCN(c2ccc(C(=O)N3CCC[C@H]3CCc3ccccn3)cn2)CC1. The Morgan fingerprint density at radius 1 is 0.921 bits per heavy atom. The molecule has 0 spiro atoms. The topological polar surface area (TPSA) is 72.9 Å². The highest BCUT2D eigenvalue weighted by atomic mass is 16.2. The van der Waals surface area contributed by atoms with Crippen LogP contribution >= 0.6 is 0 Å². The van der Waals surface area contributed by atoms with Crippen molar-refractivity contribution in [2.45, 2.75) is 38.3 Å². The number of likely N-dealkylation sites (tertiary alicyclic amines) is 1. The van der Waals surface area contributed by atoms with E-state index in [4.69, 9.17) is 0 Å². The number of anilines is 1. The van der Waals surface area contributed by atoms with Gasteiger partial charge in [0, 0.05) is 70.4 Å². The van der Waals surface area contributed by atoms with Crippen molar-refractivity contribution in [3.05, 3.63) is 89.9 Å². The summed E-state index contributed by atoms with van der Waals surface area (Å²) in [5.41, 5.74) is 2.83. The van der Waals surface area contributed by atoms with Gasteiger partial charge in [-0.3, -0.25) is 9.78 Å². The van der Waals surface area contributed by atoms with Crippen LogP contribution in [0.5, 0.6) is 0 Å². The van der Waals surface area contributed by atoms with E-state index in [1.807, 2.05) is 83.7 Å². The monoisotopic (exact) mass is 512 g/mol. The number of hydrogen-bond acceptors (Lipinski definition) is 5. The average molecular weight is 513 g/mol. The Bertz CT molecular complexity index is 1200. The predicted molar refractivity (Wildman–Crippen MR) is 148 cm³/mol. The van der Waals surface area contributed by atoms with Gasteiger partial charge in [-0.15, -0.1) is 0 Å². The van der Waals surface area contributed by atoms with Gasteiger partial charge in [-0.25, -0.2) is 9.78 Å². The van der Waals surface area contributed by atoms with Crippen molar-refractivity contribution < 1.29 is 9.59 Å². The van der Waals surface area contributed by atoms with Crippen LogP contribution in [0.15, 0.2) is 73.1 Å². The molecule has 3 amide bonds. The molecule has 4 heterocycles. The summed E-state index contributed by atoms with van der Waals surface area (Å²) in [4.78, 5) is 43.1. The van der Waals surface area contributed by atoms with Gasteiger partial charge in [0.1, 0.15) is 5.82 Å². The van der Waals surface area contributed by atoms with Crippen molar-refractivity contribution in [1.82, 2.24) is 24.7 Å². The van der Waals surface area contributed by atoms with Crippen LogP contribution in [-0.4, -0.2) is 82.4 Å². The number of aryl methyl sites for hydroxylation is 1. The van der Waals surface area contributed by atoms with Gasteiger partial charge in [-0.05, 0) is 55.5 Å². The van der Waals surface area contributed by atoms with Crippen molar-refractivity contribution in [2.75, 3.05) is 44.7 Å². The molecular formula is C30H36N6O2. The first-order valence-corrected chi connectivity index (χ1v) is 13.5. The van der Waals surface area contributed by atoms with Crippen molar-refractivity contribution >= 4 is 17.8 Å². The molecule has 0 radical (unpaired) electrons. The normalized spacial score (nSPS) is 17.5. The first-order chi connectivity index (χ1) is 18.6. The van der Waals surface area contributed by atoms with Crippen LogP contribution in [0.4, 0.5) is 10.6 Å². The van der Waals surface area contributed by atoms with Crippen LogP contribution in [0.25, 0.3) is 0 Å². The van der Waals surface area contributed by atoms with Crippen molar-refractivity contribution in [3.8, 4) is 0 Å². The van der Waals surface area contributed by atoms with E-state index in [0.717, 1.165) is 49.3 Å². The number of nitrogens with zero attached hydrogens (tertiary/aromatic N) is 6. The minimum atomic E-state index is 0.0469. The molecule has 5 rings (SSSR count). The molecule has 0 bridgehead atoms. The Morgan fingerprint density at radius 3 is 2.42 bits per heavy atom. The minimum Gasteiger partial charge on any atom is -0.353 e. The zero-order valence-corrected chi connectivity index (χ0v) is 22.1. The molecule has 0 saturated carbocycles. The fourth-order valence-electron chi connectivity index (χ4n) is 5.42.